The second kappa shape index (κ2) is 4.67. The Balaban J connectivity index is 1.82. The molecule has 0 saturated heterocycles. The molecule has 0 unspecified atom stereocenters. The van der Waals surface area contributed by atoms with E-state index in [4.69, 9.17) is 4.74 Å². The second-order valence-electron chi connectivity index (χ2n) is 3.58. The van der Waals surface area contributed by atoms with Crippen LogP contribution in [0, 0.1) is 0 Å². The van der Waals surface area contributed by atoms with Crippen molar-refractivity contribution >= 4 is 0 Å². The van der Waals surface area contributed by atoms with Crippen LogP contribution in [-0.4, -0.2) is 19.9 Å². The van der Waals surface area contributed by atoms with E-state index in [2.05, 4.69) is 19.9 Å². The predicted octanol–water partition coefficient (Wildman–Crippen LogP) is 2.66. The topological polar surface area (TPSA) is 63.7 Å². The summed E-state index contributed by atoms with van der Waals surface area (Å²) in [6, 6.07) is 11.3. The largest absolute Gasteiger partial charge is 0.439 e. The maximum Gasteiger partial charge on any atom is 0.217 e. The highest BCUT2D eigenvalue weighted by Gasteiger charge is 2.06. The molecule has 88 valence electrons. The molecule has 0 fully saturated rings. The van der Waals surface area contributed by atoms with Gasteiger partial charge in [-0.1, -0.05) is 18.2 Å². The molecular weight excluding hydrogens is 228 g/mol. The quantitative estimate of drug-likeness (QED) is 0.761. The van der Waals surface area contributed by atoms with Crippen LogP contribution in [0.5, 0.6) is 11.6 Å². The molecule has 5 nitrogen and oxygen atoms in total. The number of para-hydroxylation sites is 1. The van der Waals surface area contributed by atoms with Crippen LogP contribution in [0.4, 0.5) is 0 Å². The number of benzene rings is 1. The van der Waals surface area contributed by atoms with Crippen molar-refractivity contribution < 1.29 is 4.74 Å². The fourth-order valence-corrected chi connectivity index (χ4v) is 1.51. The first-order valence-corrected chi connectivity index (χ1v) is 5.47. The van der Waals surface area contributed by atoms with Crippen molar-refractivity contribution in [2.24, 2.45) is 0 Å². The van der Waals surface area contributed by atoms with Gasteiger partial charge in [-0.05, 0) is 18.2 Å². The Morgan fingerprint density at radius 3 is 2.44 bits per heavy atom. The normalized spacial score (nSPS) is 10.2. The van der Waals surface area contributed by atoms with Gasteiger partial charge in [0, 0.05) is 12.4 Å². The Bertz CT molecular complexity index is 622. The molecule has 3 rings (SSSR count). The lowest BCUT2D eigenvalue weighted by Gasteiger charge is -2.00. The van der Waals surface area contributed by atoms with E-state index in [-0.39, 0.29) is 0 Å². The zero-order chi connectivity index (χ0) is 12.2. The number of imidazole rings is 1. The van der Waals surface area contributed by atoms with Gasteiger partial charge in [0.05, 0.1) is 6.20 Å². The van der Waals surface area contributed by atoms with Gasteiger partial charge in [-0.2, -0.15) is 0 Å². The summed E-state index contributed by atoms with van der Waals surface area (Å²) in [6.45, 7) is 0. The maximum absolute atomic E-state index is 5.61. The van der Waals surface area contributed by atoms with Crippen molar-refractivity contribution in [3.05, 3.63) is 55.0 Å². The van der Waals surface area contributed by atoms with Crippen LogP contribution in [-0.2, 0) is 0 Å². The fourth-order valence-electron chi connectivity index (χ4n) is 1.51. The van der Waals surface area contributed by atoms with E-state index in [0.717, 1.165) is 5.75 Å². The van der Waals surface area contributed by atoms with Crippen molar-refractivity contribution in [2.45, 2.75) is 0 Å². The third-order valence-electron chi connectivity index (χ3n) is 2.30. The third kappa shape index (κ3) is 2.20. The van der Waals surface area contributed by atoms with Gasteiger partial charge in [-0.3, -0.25) is 0 Å². The molecule has 0 atom stereocenters. The Labute approximate surface area is 104 Å². The predicted molar refractivity (Wildman–Crippen MR) is 66.1 cm³/mol. The zero-order valence-corrected chi connectivity index (χ0v) is 9.45. The van der Waals surface area contributed by atoms with Crippen molar-refractivity contribution in [3.8, 4) is 23.3 Å². The molecule has 2 aromatic heterocycles. The van der Waals surface area contributed by atoms with Gasteiger partial charge in [-0.15, -0.1) is 0 Å². The third-order valence-corrected chi connectivity index (χ3v) is 2.30. The van der Waals surface area contributed by atoms with Crippen LogP contribution in [0.25, 0.3) is 11.6 Å². The van der Waals surface area contributed by atoms with E-state index in [0.29, 0.717) is 17.5 Å². The first kappa shape index (κ1) is 10.5. The van der Waals surface area contributed by atoms with Crippen molar-refractivity contribution in [2.75, 3.05) is 0 Å². The molecule has 0 amide bonds. The van der Waals surface area contributed by atoms with E-state index in [1.165, 1.54) is 0 Å². The molecule has 0 aliphatic rings. The number of rotatable bonds is 3. The number of aromatic amines is 1. The van der Waals surface area contributed by atoms with Crippen molar-refractivity contribution in [1.82, 2.24) is 19.9 Å². The average Bonchev–Trinajstić information content (AvgIpc) is 2.89. The van der Waals surface area contributed by atoms with Gasteiger partial charge in [0.2, 0.25) is 5.88 Å². The summed E-state index contributed by atoms with van der Waals surface area (Å²) in [7, 11) is 0. The lowest BCUT2D eigenvalue weighted by atomic mass is 10.3. The molecule has 3 aromatic rings. The lowest BCUT2D eigenvalue weighted by molar-refractivity contribution is 0.466. The summed E-state index contributed by atoms with van der Waals surface area (Å²) in [6.07, 6.45) is 4.95. The molecule has 0 radical (unpaired) electrons. The van der Waals surface area contributed by atoms with Gasteiger partial charge >= 0.3 is 0 Å². The number of aromatic nitrogens is 4. The highest BCUT2D eigenvalue weighted by Crippen LogP contribution is 2.20. The minimum absolute atomic E-state index is 0.542. The number of ether oxygens (including phenoxy) is 1. The lowest BCUT2D eigenvalue weighted by Crippen LogP contribution is -1.89. The summed E-state index contributed by atoms with van der Waals surface area (Å²) in [4.78, 5) is 15.4. The van der Waals surface area contributed by atoms with Crippen LogP contribution < -0.4 is 4.74 Å². The SMILES string of the molecule is c1ccc(Oc2cnc(-c3ncccn3)[nH]2)cc1. The molecule has 2 heterocycles. The van der Waals surface area contributed by atoms with Gasteiger partial charge < -0.3 is 9.72 Å². The monoisotopic (exact) mass is 238 g/mol. The van der Waals surface area contributed by atoms with Crippen LogP contribution in [0.2, 0.25) is 0 Å². The standard InChI is InChI=1S/C13H10N4O/c1-2-5-10(6-3-1)18-11-9-16-13(17-11)12-14-7-4-8-15-12/h1-9H,(H,16,17). The molecule has 0 aliphatic heterocycles. The number of H-pyrrole nitrogens is 1. The fraction of sp³-hybridized carbons (Fsp3) is 0. The molecule has 0 bridgehead atoms. The minimum Gasteiger partial charge on any atom is -0.439 e. The molecular formula is C13H10N4O. The van der Waals surface area contributed by atoms with Crippen molar-refractivity contribution in [3.63, 3.8) is 0 Å². The summed E-state index contributed by atoms with van der Waals surface area (Å²) < 4.78 is 5.61. The second-order valence-corrected chi connectivity index (χ2v) is 3.58. The molecule has 1 aromatic carbocycles. The van der Waals surface area contributed by atoms with Gasteiger partial charge in [0.1, 0.15) is 5.75 Å². The van der Waals surface area contributed by atoms with E-state index in [1.807, 2.05) is 30.3 Å². The molecule has 0 spiro atoms. The molecule has 1 N–H and O–H groups in total. The van der Waals surface area contributed by atoms with Crippen LogP contribution in [0.15, 0.2) is 55.0 Å². The highest BCUT2D eigenvalue weighted by atomic mass is 16.5. The number of nitrogens with zero attached hydrogens (tertiary/aromatic N) is 3. The van der Waals surface area contributed by atoms with Crippen molar-refractivity contribution in [1.29, 1.82) is 0 Å². The molecule has 5 heteroatoms. The number of nitrogens with one attached hydrogen (secondary N) is 1. The van der Waals surface area contributed by atoms with E-state index < -0.39 is 0 Å². The van der Waals surface area contributed by atoms with Gasteiger partial charge in [-0.25, -0.2) is 15.0 Å². The highest BCUT2D eigenvalue weighted by molar-refractivity contribution is 5.44. The van der Waals surface area contributed by atoms with E-state index >= 15 is 0 Å². The Hall–Kier alpha value is -2.69. The van der Waals surface area contributed by atoms with E-state index in [9.17, 15) is 0 Å². The maximum atomic E-state index is 5.61. The molecule has 18 heavy (non-hydrogen) atoms. The number of hydrogen-bond acceptors (Lipinski definition) is 4. The summed E-state index contributed by atoms with van der Waals surface area (Å²) >= 11 is 0. The van der Waals surface area contributed by atoms with Gasteiger partial charge in [0.15, 0.2) is 11.6 Å². The molecule has 0 saturated carbocycles. The number of hydrogen-bond donors (Lipinski definition) is 1. The molecule has 0 aliphatic carbocycles. The summed E-state index contributed by atoms with van der Waals surface area (Å²) in [5, 5.41) is 0. The van der Waals surface area contributed by atoms with E-state index in [1.54, 1.807) is 24.7 Å². The summed E-state index contributed by atoms with van der Waals surface area (Å²) in [5.41, 5.74) is 0. The summed E-state index contributed by atoms with van der Waals surface area (Å²) in [5.74, 6) is 2.44. The van der Waals surface area contributed by atoms with Crippen LogP contribution in [0.1, 0.15) is 0 Å². The first-order valence-electron chi connectivity index (χ1n) is 5.47. The minimum atomic E-state index is 0.542. The Morgan fingerprint density at radius 1 is 0.889 bits per heavy atom. The Kier molecular flexibility index (Phi) is 2.71. The average molecular weight is 238 g/mol. The zero-order valence-electron chi connectivity index (χ0n) is 9.45. The smallest absolute Gasteiger partial charge is 0.217 e. The first-order chi connectivity index (χ1) is 8.92. The van der Waals surface area contributed by atoms with Crippen LogP contribution >= 0.6 is 0 Å². The van der Waals surface area contributed by atoms with Gasteiger partial charge in [0.25, 0.3) is 0 Å². The van der Waals surface area contributed by atoms with Crippen LogP contribution in [0.3, 0.4) is 0 Å². The Morgan fingerprint density at radius 2 is 1.67 bits per heavy atom.